The summed E-state index contributed by atoms with van der Waals surface area (Å²) in [6.45, 7) is 2.65. The highest BCUT2D eigenvalue weighted by molar-refractivity contribution is 7.15. The highest BCUT2D eigenvalue weighted by Gasteiger charge is 2.20. The summed E-state index contributed by atoms with van der Waals surface area (Å²) < 4.78 is 1.83. The van der Waals surface area contributed by atoms with Crippen molar-refractivity contribution < 1.29 is 5.11 Å². The highest BCUT2D eigenvalue weighted by atomic mass is 32.1. The number of aliphatic hydroxyl groups is 1. The van der Waals surface area contributed by atoms with Crippen molar-refractivity contribution in [2.24, 2.45) is 0 Å². The molecule has 1 atom stereocenters. The molecule has 1 aliphatic rings. The van der Waals surface area contributed by atoms with E-state index in [9.17, 15) is 5.11 Å². The van der Waals surface area contributed by atoms with E-state index in [4.69, 9.17) is 0 Å². The monoisotopic (exact) mass is 235 g/mol. The molecule has 0 fully saturated rings. The van der Waals surface area contributed by atoms with Crippen LogP contribution in [-0.2, 0) is 13.0 Å². The normalized spacial score (nSPS) is 19.8. The lowest BCUT2D eigenvalue weighted by atomic mass is 10.1. The number of aliphatic hydroxyl groups excluding tert-OH is 1. The minimum Gasteiger partial charge on any atom is -0.391 e. The van der Waals surface area contributed by atoms with Gasteiger partial charge < -0.3 is 5.11 Å². The molecule has 5 heteroatoms. The maximum Gasteiger partial charge on any atom is 0.191 e. The lowest BCUT2D eigenvalue weighted by molar-refractivity contribution is 0.124. The van der Waals surface area contributed by atoms with E-state index >= 15 is 0 Å². The molecular weight excluding hydrogens is 222 g/mol. The fraction of sp³-hybridized carbons (Fsp3) is 0.455. The number of aromatic nitrogens is 3. The molecule has 0 saturated heterocycles. The summed E-state index contributed by atoms with van der Waals surface area (Å²) in [5.41, 5.74) is 0. The van der Waals surface area contributed by atoms with E-state index in [-0.39, 0.29) is 6.10 Å². The van der Waals surface area contributed by atoms with Crippen LogP contribution in [0.2, 0.25) is 0 Å². The second-order valence-electron chi connectivity index (χ2n) is 4.14. The molecule has 2 aromatic rings. The van der Waals surface area contributed by atoms with Gasteiger partial charge in [0.05, 0.1) is 17.5 Å². The van der Waals surface area contributed by atoms with E-state index in [1.807, 2.05) is 4.68 Å². The molecule has 3 rings (SSSR count). The van der Waals surface area contributed by atoms with Gasteiger partial charge >= 0.3 is 0 Å². The minimum absolute atomic E-state index is 0.271. The SMILES string of the molecule is Cc1ccc(-c2nc3n(n2)CC(O)CC3)s1. The molecule has 1 aliphatic heterocycles. The van der Waals surface area contributed by atoms with Gasteiger partial charge in [0.15, 0.2) is 5.82 Å². The van der Waals surface area contributed by atoms with Crippen LogP contribution in [-0.4, -0.2) is 26.0 Å². The van der Waals surface area contributed by atoms with Gasteiger partial charge in [-0.25, -0.2) is 9.67 Å². The molecule has 0 spiro atoms. The maximum atomic E-state index is 9.55. The van der Waals surface area contributed by atoms with Crippen LogP contribution in [0.5, 0.6) is 0 Å². The number of hydrogen-bond donors (Lipinski definition) is 1. The van der Waals surface area contributed by atoms with Crippen LogP contribution in [0.4, 0.5) is 0 Å². The Morgan fingerprint density at radius 2 is 2.38 bits per heavy atom. The first-order valence-electron chi connectivity index (χ1n) is 5.41. The third-order valence-electron chi connectivity index (χ3n) is 2.79. The van der Waals surface area contributed by atoms with Crippen LogP contribution >= 0.6 is 11.3 Å². The zero-order valence-corrected chi connectivity index (χ0v) is 9.87. The van der Waals surface area contributed by atoms with Crippen molar-refractivity contribution in [1.82, 2.24) is 14.8 Å². The van der Waals surface area contributed by atoms with Crippen molar-refractivity contribution in [3.8, 4) is 10.7 Å². The van der Waals surface area contributed by atoms with Crippen molar-refractivity contribution in [3.63, 3.8) is 0 Å². The van der Waals surface area contributed by atoms with E-state index in [1.165, 1.54) is 4.88 Å². The van der Waals surface area contributed by atoms with Gasteiger partial charge in [-0.15, -0.1) is 16.4 Å². The Bertz CT molecular complexity index is 517. The molecule has 16 heavy (non-hydrogen) atoms. The Morgan fingerprint density at radius 1 is 1.50 bits per heavy atom. The lowest BCUT2D eigenvalue weighted by Gasteiger charge is -2.16. The van der Waals surface area contributed by atoms with E-state index in [0.717, 1.165) is 29.4 Å². The van der Waals surface area contributed by atoms with E-state index in [1.54, 1.807) is 11.3 Å². The van der Waals surface area contributed by atoms with Gasteiger partial charge in [0.25, 0.3) is 0 Å². The summed E-state index contributed by atoms with van der Waals surface area (Å²) in [5, 5.41) is 14.0. The zero-order valence-electron chi connectivity index (χ0n) is 9.05. The molecule has 0 aliphatic carbocycles. The van der Waals surface area contributed by atoms with Crippen molar-refractivity contribution in [3.05, 3.63) is 22.8 Å². The third kappa shape index (κ3) is 1.66. The van der Waals surface area contributed by atoms with Crippen LogP contribution in [0.1, 0.15) is 17.1 Å². The first-order chi connectivity index (χ1) is 7.72. The summed E-state index contributed by atoms with van der Waals surface area (Å²) in [7, 11) is 0. The standard InChI is InChI=1S/C11H13N3OS/c1-7-2-4-9(16-7)11-12-10-5-3-8(15)6-14(10)13-11/h2,4,8,15H,3,5-6H2,1H3. The molecule has 0 saturated carbocycles. The van der Waals surface area contributed by atoms with Gasteiger partial charge in [0.1, 0.15) is 5.82 Å². The van der Waals surface area contributed by atoms with Crippen molar-refractivity contribution >= 4 is 11.3 Å². The van der Waals surface area contributed by atoms with E-state index in [2.05, 4.69) is 29.1 Å². The van der Waals surface area contributed by atoms with Gasteiger partial charge in [-0.3, -0.25) is 0 Å². The average Bonchev–Trinajstić information content (AvgIpc) is 2.83. The van der Waals surface area contributed by atoms with Crippen molar-refractivity contribution in [2.45, 2.75) is 32.4 Å². The van der Waals surface area contributed by atoms with Gasteiger partial charge in [-0.05, 0) is 25.5 Å². The number of aryl methyl sites for hydroxylation is 2. The summed E-state index contributed by atoms with van der Waals surface area (Å²) in [5.74, 6) is 1.79. The molecular formula is C11H13N3OS. The lowest BCUT2D eigenvalue weighted by Crippen LogP contribution is -2.25. The van der Waals surface area contributed by atoms with Gasteiger partial charge in [-0.1, -0.05) is 0 Å². The predicted octanol–water partition coefficient (Wildman–Crippen LogP) is 1.62. The van der Waals surface area contributed by atoms with E-state index < -0.39 is 0 Å². The quantitative estimate of drug-likeness (QED) is 0.817. The number of thiophene rings is 1. The van der Waals surface area contributed by atoms with Crippen LogP contribution < -0.4 is 0 Å². The van der Waals surface area contributed by atoms with Crippen LogP contribution in [0.3, 0.4) is 0 Å². The number of hydrogen-bond acceptors (Lipinski definition) is 4. The molecule has 0 radical (unpaired) electrons. The topological polar surface area (TPSA) is 50.9 Å². The second kappa shape index (κ2) is 3.68. The molecule has 0 bridgehead atoms. The molecule has 84 valence electrons. The first-order valence-corrected chi connectivity index (χ1v) is 6.22. The summed E-state index contributed by atoms with van der Waals surface area (Å²) in [4.78, 5) is 6.89. The molecule has 1 N–H and O–H groups in total. The number of rotatable bonds is 1. The number of fused-ring (bicyclic) bond motifs is 1. The molecule has 0 aromatic carbocycles. The Morgan fingerprint density at radius 3 is 3.12 bits per heavy atom. The van der Waals surface area contributed by atoms with Crippen molar-refractivity contribution in [2.75, 3.05) is 0 Å². The Labute approximate surface area is 97.6 Å². The Hall–Kier alpha value is -1.20. The summed E-state index contributed by atoms with van der Waals surface area (Å²) in [6, 6.07) is 4.13. The van der Waals surface area contributed by atoms with Crippen LogP contribution in [0.15, 0.2) is 12.1 Å². The summed E-state index contributed by atoms with van der Waals surface area (Å²) in [6.07, 6.45) is 1.34. The number of nitrogens with zero attached hydrogens (tertiary/aromatic N) is 3. The van der Waals surface area contributed by atoms with Gasteiger partial charge in [0.2, 0.25) is 0 Å². The fourth-order valence-electron chi connectivity index (χ4n) is 1.95. The van der Waals surface area contributed by atoms with Crippen LogP contribution in [0, 0.1) is 6.92 Å². The van der Waals surface area contributed by atoms with Gasteiger partial charge in [0, 0.05) is 11.3 Å². The van der Waals surface area contributed by atoms with Crippen LogP contribution in [0.25, 0.3) is 10.7 Å². The van der Waals surface area contributed by atoms with Crippen molar-refractivity contribution in [1.29, 1.82) is 0 Å². The minimum atomic E-state index is -0.271. The molecule has 3 heterocycles. The molecule has 0 amide bonds. The maximum absolute atomic E-state index is 9.55. The molecule has 2 aromatic heterocycles. The predicted molar refractivity (Wildman–Crippen MR) is 62.4 cm³/mol. The Balaban J connectivity index is 1.98. The second-order valence-corrected chi connectivity index (χ2v) is 5.42. The smallest absolute Gasteiger partial charge is 0.191 e. The largest absolute Gasteiger partial charge is 0.391 e. The average molecular weight is 235 g/mol. The third-order valence-corrected chi connectivity index (χ3v) is 3.79. The van der Waals surface area contributed by atoms with E-state index in [0.29, 0.717) is 6.54 Å². The summed E-state index contributed by atoms with van der Waals surface area (Å²) >= 11 is 1.70. The highest BCUT2D eigenvalue weighted by Crippen LogP contribution is 2.26. The fourth-order valence-corrected chi connectivity index (χ4v) is 2.75. The first kappa shape index (κ1) is 9.99. The zero-order chi connectivity index (χ0) is 11.1. The van der Waals surface area contributed by atoms with Gasteiger partial charge in [-0.2, -0.15) is 0 Å². The molecule has 1 unspecified atom stereocenters. The molecule has 4 nitrogen and oxygen atoms in total. The Kier molecular flexibility index (Phi) is 2.29.